The van der Waals surface area contributed by atoms with Gasteiger partial charge in [-0.15, -0.1) is 0 Å². The number of aryl methyl sites for hydroxylation is 1. The van der Waals surface area contributed by atoms with Gasteiger partial charge >= 0.3 is 0 Å². The summed E-state index contributed by atoms with van der Waals surface area (Å²) in [5, 5.41) is 13.0. The number of phenolic OH excluding ortho intramolecular Hbond substituents is 1. The molecular formula is C22H21ClFNO4. The maximum absolute atomic E-state index is 13.1. The lowest BCUT2D eigenvalue weighted by Crippen LogP contribution is -2.12. The number of anilines is 1. The average Bonchev–Trinajstić information content (AvgIpc) is 3.12. The smallest absolute Gasteiger partial charge is 0.291 e. The molecule has 0 fully saturated rings. The molecule has 1 aromatic heterocycles. The van der Waals surface area contributed by atoms with E-state index in [9.17, 15) is 14.3 Å². The Labute approximate surface area is 173 Å². The number of nitrogens with one attached hydrogen (secondary N) is 1. The van der Waals surface area contributed by atoms with E-state index in [4.69, 9.17) is 20.8 Å². The second kappa shape index (κ2) is 8.57. The summed E-state index contributed by atoms with van der Waals surface area (Å²) in [6.45, 7) is 5.76. The van der Waals surface area contributed by atoms with Crippen LogP contribution in [0.3, 0.4) is 0 Å². The molecule has 1 heterocycles. The molecular weight excluding hydrogens is 397 g/mol. The fourth-order valence-electron chi connectivity index (χ4n) is 2.81. The first-order valence-electron chi connectivity index (χ1n) is 9.06. The predicted octanol–water partition coefficient (Wildman–Crippen LogP) is 6.04. The first kappa shape index (κ1) is 20.7. The maximum Gasteiger partial charge on any atom is 0.291 e. The monoisotopic (exact) mass is 417 g/mol. The fourth-order valence-corrected chi connectivity index (χ4v) is 3.03. The van der Waals surface area contributed by atoms with Crippen molar-refractivity contribution in [2.45, 2.75) is 33.3 Å². The molecule has 2 N–H and O–H groups in total. The largest absolute Gasteiger partial charge is 0.508 e. The van der Waals surface area contributed by atoms with Crippen molar-refractivity contribution in [3.05, 3.63) is 76.0 Å². The van der Waals surface area contributed by atoms with E-state index in [2.05, 4.69) is 5.32 Å². The summed E-state index contributed by atoms with van der Waals surface area (Å²) in [5.41, 5.74) is 2.08. The molecule has 29 heavy (non-hydrogen) atoms. The van der Waals surface area contributed by atoms with Gasteiger partial charge in [0.05, 0.1) is 5.02 Å². The Bertz CT molecular complexity index is 1050. The summed E-state index contributed by atoms with van der Waals surface area (Å²) in [6, 6.07) is 10.4. The van der Waals surface area contributed by atoms with Crippen LogP contribution >= 0.6 is 11.6 Å². The Morgan fingerprint density at radius 2 is 2.00 bits per heavy atom. The molecule has 3 rings (SSSR count). The van der Waals surface area contributed by atoms with Crippen molar-refractivity contribution in [3.8, 4) is 11.5 Å². The van der Waals surface area contributed by atoms with E-state index in [1.807, 2.05) is 13.8 Å². The number of halogens is 2. The van der Waals surface area contributed by atoms with Crippen LogP contribution in [-0.2, 0) is 6.61 Å². The number of carbonyl (C=O) groups is 1. The lowest BCUT2D eigenvalue weighted by atomic mass is 9.99. The van der Waals surface area contributed by atoms with Crippen LogP contribution in [0.5, 0.6) is 11.5 Å². The number of ether oxygens (including phenoxy) is 1. The van der Waals surface area contributed by atoms with Gasteiger partial charge in [0.1, 0.15) is 29.7 Å². The van der Waals surface area contributed by atoms with Crippen LogP contribution in [0.25, 0.3) is 0 Å². The highest BCUT2D eigenvalue weighted by Gasteiger charge is 2.16. The number of benzene rings is 2. The minimum Gasteiger partial charge on any atom is -0.508 e. The Hall–Kier alpha value is -2.99. The van der Waals surface area contributed by atoms with Gasteiger partial charge in [0.25, 0.3) is 5.91 Å². The molecule has 0 aliphatic heterocycles. The SMILES string of the molecule is Cc1cc(O)c(C(C)C)cc1NC(=O)c1ccc(COc2ccc(F)cc2Cl)o1. The Morgan fingerprint density at radius 3 is 2.69 bits per heavy atom. The molecule has 152 valence electrons. The van der Waals surface area contributed by atoms with Gasteiger partial charge in [-0.25, -0.2) is 4.39 Å². The highest BCUT2D eigenvalue weighted by molar-refractivity contribution is 6.32. The maximum atomic E-state index is 13.1. The molecule has 0 atom stereocenters. The molecule has 0 aliphatic rings. The van der Waals surface area contributed by atoms with Crippen molar-refractivity contribution < 1.29 is 23.4 Å². The summed E-state index contributed by atoms with van der Waals surface area (Å²) >= 11 is 5.92. The second-order valence-electron chi connectivity index (χ2n) is 6.96. The van der Waals surface area contributed by atoms with E-state index in [0.29, 0.717) is 17.2 Å². The third kappa shape index (κ3) is 4.90. The molecule has 0 saturated heterocycles. The molecule has 0 unspecified atom stereocenters. The number of furan rings is 1. The topological polar surface area (TPSA) is 71.7 Å². The van der Waals surface area contributed by atoms with Gasteiger partial charge < -0.3 is 19.6 Å². The highest BCUT2D eigenvalue weighted by Crippen LogP contribution is 2.31. The van der Waals surface area contributed by atoms with Crippen LogP contribution in [0.1, 0.15) is 47.2 Å². The van der Waals surface area contributed by atoms with Crippen molar-refractivity contribution in [2.75, 3.05) is 5.32 Å². The van der Waals surface area contributed by atoms with Crippen molar-refractivity contribution >= 4 is 23.2 Å². The molecule has 2 aromatic carbocycles. The third-order valence-corrected chi connectivity index (χ3v) is 4.69. The zero-order valence-corrected chi connectivity index (χ0v) is 17.0. The number of aromatic hydroxyl groups is 1. The fraction of sp³-hybridized carbons (Fsp3) is 0.227. The zero-order chi connectivity index (χ0) is 21.1. The normalized spacial score (nSPS) is 11.0. The first-order valence-corrected chi connectivity index (χ1v) is 9.44. The van der Waals surface area contributed by atoms with Gasteiger partial charge in [0.2, 0.25) is 0 Å². The van der Waals surface area contributed by atoms with Crippen LogP contribution in [-0.4, -0.2) is 11.0 Å². The van der Waals surface area contributed by atoms with Crippen molar-refractivity contribution in [2.24, 2.45) is 0 Å². The van der Waals surface area contributed by atoms with Gasteiger partial charge in [-0.1, -0.05) is 25.4 Å². The predicted molar refractivity (Wildman–Crippen MR) is 109 cm³/mol. The van der Waals surface area contributed by atoms with Crippen molar-refractivity contribution in [1.29, 1.82) is 0 Å². The summed E-state index contributed by atoms with van der Waals surface area (Å²) in [7, 11) is 0. The Kier molecular flexibility index (Phi) is 6.13. The number of amides is 1. The molecule has 0 aliphatic carbocycles. The van der Waals surface area contributed by atoms with Gasteiger partial charge in [-0.2, -0.15) is 0 Å². The number of hydrogen-bond acceptors (Lipinski definition) is 4. The lowest BCUT2D eigenvalue weighted by Gasteiger charge is -2.14. The molecule has 3 aromatic rings. The van der Waals surface area contributed by atoms with Gasteiger partial charge in [-0.3, -0.25) is 4.79 Å². The average molecular weight is 418 g/mol. The zero-order valence-electron chi connectivity index (χ0n) is 16.3. The summed E-state index contributed by atoms with van der Waals surface area (Å²) < 4.78 is 24.1. The van der Waals surface area contributed by atoms with E-state index in [1.54, 1.807) is 31.2 Å². The van der Waals surface area contributed by atoms with Crippen LogP contribution in [0.15, 0.2) is 46.9 Å². The van der Waals surface area contributed by atoms with E-state index >= 15 is 0 Å². The van der Waals surface area contributed by atoms with Gasteiger partial charge in [-0.05, 0) is 66.4 Å². The van der Waals surface area contributed by atoms with Crippen molar-refractivity contribution in [3.63, 3.8) is 0 Å². The molecule has 5 nitrogen and oxygen atoms in total. The third-order valence-electron chi connectivity index (χ3n) is 4.39. The highest BCUT2D eigenvalue weighted by atomic mass is 35.5. The molecule has 1 amide bonds. The minimum absolute atomic E-state index is 0.0361. The van der Waals surface area contributed by atoms with Crippen LogP contribution in [0, 0.1) is 12.7 Å². The van der Waals surface area contributed by atoms with E-state index in [1.165, 1.54) is 12.1 Å². The van der Waals surface area contributed by atoms with Crippen LogP contribution in [0.2, 0.25) is 5.02 Å². The molecule has 0 bridgehead atoms. The summed E-state index contributed by atoms with van der Waals surface area (Å²) in [6.07, 6.45) is 0. The number of hydrogen-bond donors (Lipinski definition) is 2. The number of carbonyl (C=O) groups excluding carboxylic acids is 1. The quantitative estimate of drug-likeness (QED) is 0.479. The van der Waals surface area contributed by atoms with Gasteiger partial charge in [0, 0.05) is 5.69 Å². The number of rotatable bonds is 6. The lowest BCUT2D eigenvalue weighted by molar-refractivity contribution is 0.0992. The molecule has 0 radical (unpaired) electrons. The first-order chi connectivity index (χ1) is 13.7. The molecule has 7 heteroatoms. The van der Waals surface area contributed by atoms with Crippen LogP contribution in [0.4, 0.5) is 10.1 Å². The minimum atomic E-state index is -0.454. The Balaban J connectivity index is 1.69. The summed E-state index contributed by atoms with van der Waals surface area (Å²) in [5.74, 6) is 0.290. The van der Waals surface area contributed by atoms with Gasteiger partial charge in [0.15, 0.2) is 5.76 Å². The number of phenols is 1. The molecule has 0 saturated carbocycles. The second-order valence-corrected chi connectivity index (χ2v) is 7.37. The standard InChI is InChI=1S/C22H21ClFNO4/c1-12(2)16-10-18(13(3)8-19(16)26)25-22(27)21-7-5-15(29-21)11-28-20-6-4-14(24)9-17(20)23/h4-10,12,26H,11H2,1-3H3,(H,25,27). The van der Waals surface area contributed by atoms with E-state index < -0.39 is 11.7 Å². The molecule has 0 spiro atoms. The van der Waals surface area contributed by atoms with Crippen LogP contribution < -0.4 is 10.1 Å². The van der Waals surface area contributed by atoms with Crippen molar-refractivity contribution in [1.82, 2.24) is 0 Å². The van der Waals surface area contributed by atoms with E-state index in [-0.39, 0.29) is 29.1 Å². The summed E-state index contributed by atoms with van der Waals surface area (Å²) in [4.78, 5) is 12.5. The Morgan fingerprint density at radius 1 is 1.24 bits per heavy atom. The van der Waals surface area contributed by atoms with E-state index in [0.717, 1.165) is 17.2 Å².